The Morgan fingerprint density at radius 2 is 2.05 bits per heavy atom. The van der Waals surface area contributed by atoms with Crippen molar-refractivity contribution in [2.24, 2.45) is 0 Å². The molecule has 1 aliphatic rings. The maximum absolute atomic E-state index is 5.90. The largest absolute Gasteiger partial charge is 0.493 e. The first kappa shape index (κ1) is 16.0. The molecule has 3 rings (SSSR count). The van der Waals surface area contributed by atoms with E-state index in [1.165, 1.54) is 16.7 Å². The fraction of sp³-hybridized carbons (Fsp3) is 0.333. The van der Waals surface area contributed by atoms with Gasteiger partial charge in [-0.05, 0) is 67.7 Å². The van der Waals surface area contributed by atoms with Crippen molar-refractivity contribution >= 4 is 59.1 Å². The standard InChI is InChI=1S/C15H14Br3NOS/c1-2-19-13(11-7-12(17)21-15(11)18)10-6-9(16)5-8-3-4-20-14(8)10/h5-7,13,19H,2-4H2,1H3. The van der Waals surface area contributed by atoms with Crippen LogP contribution >= 0.6 is 59.1 Å². The smallest absolute Gasteiger partial charge is 0.127 e. The van der Waals surface area contributed by atoms with Gasteiger partial charge in [0.05, 0.1) is 20.2 Å². The zero-order chi connectivity index (χ0) is 15.0. The Labute approximate surface area is 153 Å². The predicted octanol–water partition coefficient (Wildman–Crippen LogP) is 5.67. The first-order valence-electron chi connectivity index (χ1n) is 6.73. The number of rotatable bonds is 4. The molecule has 2 nitrogen and oxygen atoms in total. The van der Waals surface area contributed by atoms with Crippen molar-refractivity contribution in [3.05, 3.63) is 46.9 Å². The molecule has 1 unspecified atom stereocenters. The molecule has 1 N–H and O–H groups in total. The summed E-state index contributed by atoms with van der Waals surface area (Å²) in [6, 6.07) is 6.61. The van der Waals surface area contributed by atoms with Crippen LogP contribution in [0.15, 0.2) is 30.2 Å². The molecule has 1 aromatic carbocycles. The van der Waals surface area contributed by atoms with Crippen molar-refractivity contribution < 1.29 is 4.74 Å². The Morgan fingerprint density at radius 1 is 1.24 bits per heavy atom. The molecule has 112 valence electrons. The van der Waals surface area contributed by atoms with Crippen LogP contribution in [0.5, 0.6) is 5.75 Å². The number of ether oxygens (including phenoxy) is 1. The molecule has 0 radical (unpaired) electrons. The van der Waals surface area contributed by atoms with E-state index >= 15 is 0 Å². The number of nitrogens with one attached hydrogen (secondary N) is 1. The number of fused-ring (bicyclic) bond motifs is 1. The van der Waals surface area contributed by atoms with Crippen molar-refractivity contribution in [2.75, 3.05) is 13.2 Å². The first-order chi connectivity index (χ1) is 10.1. The molecule has 0 saturated heterocycles. The highest BCUT2D eigenvalue weighted by atomic mass is 79.9. The van der Waals surface area contributed by atoms with E-state index in [2.05, 4.69) is 78.2 Å². The summed E-state index contributed by atoms with van der Waals surface area (Å²) in [6.07, 6.45) is 0.981. The average Bonchev–Trinajstić information content (AvgIpc) is 3.01. The van der Waals surface area contributed by atoms with Gasteiger partial charge >= 0.3 is 0 Å². The molecular formula is C15H14Br3NOS. The second kappa shape index (κ2) is 6.71. The van der Waals surface area contributed by atoms with E-state index in [0.29, 0.717) is 0 Å². The Hall–Kier alpha value is 0.120. The monoisotopic (exact) mass is 493 g/mol. The van der Waals surface area contributed by atoms with Gasteiger partial charge in [0, 0.05) is 16.5 Å². The van der Waals surface area contributed by atoms with Gasteiger partial charge in [0.1, 0.15) is 5.75 Å². The molecule has 1 atom stereocenters. The van der Waals surface area contributed by atoms with E-state index in [1.54, 1.807) is 11.3 Å². The fourth-order valence-corrected chi connectivity index (χ4v) is 6.08. The lowest BCUT2D eigenvalue weighted by atomic mass is 9.97. The Balaban J connectivity index is 2.12. The van der Waals surface area contributed by atoms with Crippen LogP contribution in [-0.2, 0) is 6.42 Å². The number of hydrogen-bond acceptors (Lipinski definition) is 3. The normalized spacial score (nSPS) is 14.9. The van der Waals surface area contributed by atoms with Crippen molar-refractivity contribution in [3.8, 4) is 5.75 Å². The molecule has 0 spiro atoms. The number of halogens is 3. The van der Waals surface area contributed by atoms with Crippen LogP contribution < -0.4 is 10.1 Å². The molecule has 6 heteroatoms. The SMILES string of the molecule is CCNC(c1cc(Br)sc1Br)c1cc(Br)cc2c1OCC2. The maximum atomic E-state index is 5.90. The highest BCUT2D eigenvalue weighted by molar-refractivity contribution is 9.12. The van der Waals surface area contributed by atoms with Gasteiger partial charge in [-0.1, -0.05) is 22.9 Å². The predicted molar refractivity (Wildman–Crippen MR) is 98.6 cm³/mol. The molecule has 21 heavy (non-hydrogen) atoms. The van der Waals surface area contributed by atoms with E-state index < -0.39 is 0 Å². The van der Waals surface area contributed by atoms with Gasteiger partial charge in [0.25, 0.3) is 0 Å². The summed E-state index contributed by atoms with van der Waals surface area (Å²) >= 11 is 12.6. The zero-order valence-corrected chi connectivity index (χ0v) is 17.0. The summed E-state index contributed by atoms with van der Waals surface area (Å²) in [5.41, 5.74) is 3.72. The lowest BCUT2D eigenvalue weighted by Crippen LogP contribution is -2.22. The van der Waals surface area contributed by atoms with E-state index in [-0.39, 0.29) is 6.04 Å². The van der Waals surface area contributed by atoms with Gasteiger partial charge in [-0.3, -0.25) is 0 Å². The fourth-order valence-electron chi connectivity index (χ4n) is 2.65. The number of thiophene rings is 1. The van der Waals surface area contributed by atoms with Crippen molar-refractivity contribution in [2.45, 2.75) is 19.4 Å². The van der Waals surface area contributed by atoms with Gasteiger partial charge in [-0.2, -0.15) is 0 Å². The third kappa shape index (κ3) is 3.24. The minimum absolute atomic E-state index is 0.122. The average molecular weight is 496 g/mol. The van der Waals surface area contributed by atoms with Crippen LogP contribution in [0.3, 0.4) is 0 Å². The molecule has 1 aliphatic heterocycles. The molecule has 2 heterocycles. The second-order valence-corrected chi connectivity index (χ2v) is 9.52. The molecular weight excluding hydrogens is 482 g/mol. The highest BCUT2D eigenvalue weighted by Crippen LogP contribution is 2.43. The molecule has 0 aliphatic carbocycles. The van der Waals surface area contributed by atoms with Gasteiger partial charge in [0.2, 0.25) is 0 Å². The summed E-state index contributed by atoms with van der Waals surface area (Å²) in [4.78, 5) is 0. The Kier molecular flexibility index (Phi) is 5.11. The maximum Gasteiger partial charge on any atom is 0.127 e. The quantitative estimate of drug-likeness (QED) is 0.590. The van der Waals surface area contributed by atoms with E-state index in [0.717, 1.165) is 37.4 Å². The molecule has 1 aromatic heterocycles. The molecule has 2 aromatic rings. The summed E-state index contributed by atoms with van der Waals surface area (Å²) in [5, 5.41) is 3.58. The number of benzene rings is 1. The molecule has 0 bridgehead atoms. The van der Waals surface area contributed by atoms with E-state index in [1.807, 2.05) is 0 Å². The summed E-state index contributed by atoms with van der Waals surface area (Å²) in [7, 11) is 0. The van der Waals surface area contributed by atoms with Crippen LogP contribution in [0.4, 0.5) is 0 Å². The molecule has 0 amide bonds. The van der Waals surface area contributed by atoms with Crippen molar-refractivity contribution in [1.29, 1.82) is 0 Å². The number of hydrogen-bond donors (Lipinski definition) is 1. The van der Waals surface area contributed by atoms with Crippen LogP contribution in [0.1, 0.15) is 29.7 Å². The van der Waals surface area contributed by atoms with Crippen LogP contribution in [0.2, 0.25) is 0 Å². The van der Waals surface area contributed by atoms with Crippen molar-refractivity contribution in [1.82, 2.24) is 5.32 Å². The van der Waals surface area contributed by atoms with Gasteiger partial charge < -0.3 is 10.1 Å². The minimum atomic E-state index is 0.122. The van der Waals surface area contributed by atoms with E-state index in [4.69, 9.17) is 4.74 Å². The highest BCUT2D eigenvalue weighted by Gasteiger charge is 2.26. The topological polar surface area (TPSA) is 21.3 Å². The summed E-state index contributed by atoms with van der Waals surface area (Å²) in [6.45, 7) is 3.79. The van der Waals surface area contributed by atoms with Crippen LogP contribution in [-0.4, -0.2) is 13.2 Å². The van der Waals surface area contributed by atoms with Crippen LogP contribution in [0, 0.1) is 0 Å². The van der Waals surface area contributed by atoms with Gasteiger partial charge in [-0.25, -0.2) is 0 Å². The second-order valence-electron chi connectivity index (χ2n) is 4.85. The summed E-state index contributed by atoms with van der Waals surface area (Å²) < 4.78 is 9.27. The molecule has 0 saturated carbocycles. The third-order valence-electron chi connectivity index (χ3n) is 3.49. The Morgan fingerprint density at radius 3 is 2.71 bits per heavy atom. The van der Waals surface area contributed by atoms with Crippen LogP contribution in [0.25, 0.3) is 0 Å². The third-order valence-corrected chi connectivity index (χ3v) is 6.33. The lowest BCUT2D eigenvalue weighted by Gasteiger charge is -2.21. The van der Waals surface area contributed by atoms with Gasteiger partial charge in [-0.15, -0.1) is 11.3 Å². The van der Waals surface area contributed by atoms with E-state index in [9.17, 15) is 0 Å². The van der Waals surface area contributed by atoms with Crippen molar-refractivity contribution in [3.63, 3.8) is 0 Å². The lowest BCUT2D eigenvalue weighted by molar-refractivity contribution is 0.350. The Bertz CT molecular complexity index is 671. The zero-order valence-electron chi connectivity index (χ0n) is 11.4. The summed E-state index contributed by atoms with van der Waals surface area (Å²) in [5.74, 6) is 1.04. The first-order valence-corrected chi connectivity index (χ1v) is 9.93. The molecule has 0 fully saturated rings. The minimum Gasteiger partial charge on any atom is -0.493 e. The van der Waals surface area contributed by atoms with Gasteiger partial charge in [0.15, 0.2) is 0 Å².